The van der Waals surface area contributed by atoms with E-state index in [9.17, 15) is 0 Å². The van der Waals surface area contributed by atoms with Gasteiger partial charge in [0.2, 0.25) is 0 Å². The Balaban J connectivity index is 2.15. The topological polar surface area (TPSA) is 8.81 Å². The summed E-state index contributed by atoms with van der Waals surface area (Å²) in [5.41, 5.74) is 0. The van der Waals surface area contributed by atoms with Gasteiger partial charge in [-0.2, -0.15) is 0 Å². The molecule has 1 heterocycles. The first kappa shape index (κ1) is 31.2. The van der Waals surface area contributed by atoms with Gasteiger partial charge >= 0.3 is 0 Å². The fourth-order valence-corrected chi connectivity index (χ4v) is 5.26. The fourth-order valence-electron chi connectivity index (χ4n) is 5.26. The molecule has 1 aromatic heterocycles. The van der Waals surface area contributed by atoms with Crippen LogP contribution in [0.25, 0.3) is 0 Å². The molecule has 0 unspecified atom stereocenters. The lowest BCUT2D eigenvalue weighted by Crippen LogP contribution is -2.37. The fraction of sp³-hybridized carbons (Fsp3) is 0.906. The molecule has 0 fully saturated rings. The molecule has 2 nitrogen and oxygen atoms in total. The van der Waals surface area contributed by atoms with E-state index in [1.165, 1.54) is 167 Å². The molecule has 0 aliphatic rings. The molecule has 0 aliphatic carbocycles. The first-order chi connectivity index (χ1) is 16.8. The van der Waals surface area contributed by atoms with Crippen LogP contribution in [0.3, 0.4) is 0 Å². The summed E-state index contributed by atoms with van der Waals surface area (Å²) in [4.78, 5) is 0. The van der Waals surface area contributed by atoms with Crippen LogP contribution in [0.4, 0.5) is 0 Å². The number of hydrogen-bond acceptors (Lipinski definition) is 0. The average molecular weight is 476 g/mol. The van der Waals surface area contributed by atoms with E-state index in [0.29, 0.717) is 0 Å². The minimum Gasteiger partial charge on any atom is -0.234 e. The maximum atomic E-state index is 2.58. The van der Waals surface area contributed by atoms with Crippen molar-refractivity contribution < 1.29 is 4.57 Å². The molecule has 0 N–H and O–H groups in total. The Morgan fingerprint density at radius 3 is 1.41 bits per heavy atom. The molecular formula is C32H63N2+. The van der Waals surface area contributed by atoms with Gasteiger partial charge in [0, 0.05) is 6.42 Å². The number of aromatic nitrogens is 2. The molecule has 34 heavy (non-hydrogen) atoms. The lowest BCUT2D eigenvalue weighted by atomic mass is 10.0. The standard InChI is InChI=1S/C32H63N2/c1-4-7-10-13-14-15-16-17-18-19-20-21-22-23-24-27-32-33(28-25-11-8-5-2)30-31-34(32)29-26-12-9-6-3/h30-31H,4-29H2,1-3H3/q+1. The third kappa shape index (κ3) is 16.8. The molecule has 1 rings (SSSR count). The number of hydrogen-bond donors (Lipinski definition) is 0. The van der Waals surface area contributed by atoms with Gasteiger partial charge in [0.15, 0.2) is 0 Å². The van der Waals surface area contributed by atoms with Crippen molar-refractivity contribution in [2.45, 2.75) is 188 Å². The minimum absolute atomic E-state index is 1.22. The van der Waals surface area contributed by atoms with Crippen LogP contribution in [0.2, 0.25) is 0 Å². The first-order valence-electron chi connectivity index (χ1n) is 15.9. The Labute approximate surface area is 215 Å². The second kappa shape index (κ2) is 23.9. The van der Waals surface area contributed by atoms with Crippen LogP contribution < -0.4 is 4.57 Å². The van der Waals surface area contributed by atoms with E-state index in [2.05, 4.69) is 42.3 Å². The van der Waals surface area contributed by atoms with Gasteiger partial charge in [-0.25, -0.2) is 9.13 Å². The highest BCUT2D eigenvalue weighted by Gasteiger charge is 2.16. The average Bonchev–Trinajstić information content (AvgIpc) is 3.23. The van der Waals surface area contributed by atoms with Crippen LogP contribution >= 0.6 is 0 Å². The highest BCUT2D eigenvalue weighted by molar-refractivity contribution is 4.84. The van der Waals surface area contributed by atoms with Crippen molar-refractivity contribution in [1.29, 1.82) is 0 Å². The zero-order chi connectivity index (χ0) is 24.5. The number of imidazole rings is 1. The Morgan fingerprint density at radius 1 is 0.500 bits per heavy atom. The number of rotatable bonds is 26. The lowest BCUT2D eigenvalue weighted by molar-refractivity contribution is -0.704. The van der Waals surface area contributed by atoms with E-state index >= 15 is 0 Å². The summed E-state index contributed by atoms with van der Waals surface area (Å²) >= 11 is 0. The molecule has 0 aromatic carbocycles. The molecule has 0 bridgehead atoms. The molecule has 0 saturated heterocycles. The quantitative estimate of drug-likeness (QED) is 0.0930. The van der Waals surface area contributed by atoms with Gasteiger partial charge in [0.05, 0.1) is 13.1 Å². The van der Waals surface area contributed by atoms with E-state index < -0.39 is 0 Å². The maximum absolute atomic E-state index is 2.58. The molecule has 0 spiro atoms. The van der Waals surface area contributed by atoms with Crippen molar-refractivity contribution in [1.82, 2.24) is 4.57 Å². The summed E-state index contributed by atoms with van der Waals surface area (Å²) in [5, 5.41) is 0. The Kier molecular flexibility index (Phi) is 22.0. The number of unbranched alkanes of at least 4 members (excludes halogenated alkanes) is 20. The Morgan fingerprint density at radius 2 is 0.912 bits per heavy atom. The zero-order valence-corrected chi connectivity index (χ0v) is 23.9. The van der Waals surface area contributed by atoms with Gasteiger partial charge in [0.1, 0.15) is 12.4 Å². The molecule has 0 saturated carbocycles. The van der Waals surface area contributed by atoms with E-state index in [-0.39, 0.29) is 0 Å². The normalized spacial score (nSPS) is 11.5. The van der Waals surface area contributed by atoms with E-state index in [1.54, 1.807) is 5.82 Å². The van der Waals surface area contributed by atoms with Crippen LogP contribution in [-0.4, -0.2) is 4.57 Å². The molecule has 0 aliphatic heterocycles. The van der Waals surface area contributed by atoms with Crippen LogP contribution in [0.5, 0.6) is 0 Å². The molecule has 200 valence electrons. The van der Waals surface area contributed by atoms with E-state index in [4.69, 9.17) is 0 Å². The van der Waals surface area contributed by atoms with Gasteiger partial charge in [-0.1, -0.05) is 136 Å². The van der Waals surface area contributed by atoms with Crippen molar-refractivity contribution >= 4 is 0 Å². The van der Waals surface area contributed by atoms with Crippen molar-refractivity contribution in [3.63, 3.8) is 0 Å². The molecule has 0 atom stereocenters. The van der Waals surface area contributed by atoms with Gasteiger partial charge in [-0.05, 0) is 32.1 Å². The molecule has 2 heteroatoms. The van der Waals surface area contributed by atoms with Gasteiger partial charge in [-0.15, -0.1) is 0 Å². The van der Waals surface area contributed by atoms with Crippen LogP contribution in [0.1, 0.15) is 174 Å². The second-order valence-corrected chi connectivity index (χ2v) is 10.9. The largest absolute Gasteiger partial charge is 0.256 e. The number of nitrogens with zero attached hydrogens (tertiary/aromatic N) is 2. The summed E-state index contributed by atoms with van der Waals surface area (Å²) in [6, 6.07) is 0. The predicted octanol–water partition coefficient (Wildman–Crippen LogP) is 10.4. The highest BCUT2D eigenvalue weighted by Crippen LogP contribution is 2.14. The summed E-state index contributed by atoms with van der Waals surface area (Å²) in [6.45, 7) is 9.36. The summed E-state index contributed by atoms with van der Waals surface area (Å²) in [6.07, 6.45) is 38.5. The maximum Gasteiger partial charge on any atom is 0.256 e. The van der Waals surface area contributed by atoms with Crippen molar-refractivity contribution in [2.24, 2.45) is 0 Å². The number of aryl methyl sites for hydroxylation is 2. The van der Waals surface area contributed by atoms with Crippen molar-refractivity contribution in [2.75, 3.05) is 0 Å². The molecule has 0 amide bonds. The van der Waals surface area contributed by atoms with E-state index in [0.717, 1.165) is 0 Å². The smallest absolute Gasteiger partial charge is 0.234 e. The summed E-state index contributed by atoms with van der Waals surface area (Å²) in [5.74, 6) is 1.60. The summed E-state index contributed by atoms with van der Waals surface area (Å²) in [7, 11) is 0. The van der Waals surface area contributed by atoms with Crippen LogP contribution in [0, 0.1) is 0 Å². The van der Waals surface area contributed by atoms with Crippen molar-refractivity contribution in [3.05, 3.63) is 18.2 Å². The third-order valence-electron chi connectivity index (χ3n) is 7.60. The van der Waals surface area contributed by atoms with Crippen LogP contribution in [-0.2, 0) is 19.5 Å². The van der Waals surface area contributed by atoms with Gasteiger partial charge in [0.25, 0.3) is 5.82 Å². The lowest BCUT2D eigenvalue weighted by Gasteiger charge is -2.07. The minimum atomic E-state index is 1.22. The molecule has 0 radical (unpaired) electrons. The predicted molar refractivity (Wildman–Crippen MR) is 152 cm³/mol. The Hall–Kier alpha value is -0.790. The highest BCUT2D eigenvalue weighted by atomic mass is 15.1. The SMILES string of the molecule is CCCCCCCCCCCCCCCCCc1n(CCCCCC)cc[n+]1CCCCCC. The van der Waals surface area contributed by atoms with E-state index in [1.807, 2.05) is 0 Å². The first-order valence-corrected chi connectivity index (χ1v) is 15.9. The molecular weight excluding hydrogens is 412 g/mol. The summed E-state index contributed by atoms with van der Waals surface area (Å²) < 4.78 is 5.17. The van der Waals surface area contributed by atoms with Crippen LogP contribution in [0.15, 0.2) is 12.4 Å². The Bertz CT molecular complexity index is 504. The second-order valence-electron chi connectivity index (χ2n) is 10.9. The van der Waals surface area contributed by atoms with Gasteiger partial charge < -0.3 is 0 Å². The zero-order valence-electron chi connectivity index (χ0n) is 23.9. The molecule has 1 aromatic rings. The third-order valence-corrected chi connectivity index (χ3v) is 7.60. The van der Waals surface area contributed by atoms with Crippen molar-refractivity contribution in [3.8, 4) is 0 Å². The monoisotopic (exact) mass is 475 g/mol. The van der Waals surface area contributed by atoms with Gasteiger partial charge in [-0.3, -0.25) is 0 Å².